The molecule has 0 aromatic carbocycles. The normalized spacial score (nSPS) is 12.8. The van der Waals surface area contributed by atoms with Crippen LogP contribution in [0.1, 0.15) is 80.1 Å². The SMILES string of the molecule is CC(=O)OC=C(COC(C)=O)CC(=O)C/C(C)=C/CC/C(C)=C/CCC(/C=C/OC(C)=O)=C\OC(C)=O. The highest BCUT2D eigenvalue weighted by atomic mass is 16.5. The van der Waals surface area contributed by atoms with E-state index in [4.69, 9.17) is 18.9 Å². The van der Waals surface area contributed by atoms with Crippen molar-refractivity contribution in [2.45, 2.75) is 80.1 Å². The highest BCUT2D eigenvalue weighted by Gasteiger charge is 2.10. The van der Waals surface area contributed by atoms with E-state index in [-0.39, 0.29) is 25.2 Å². The predicted molar refractivity (Wildman–Crippen MR) is 137 cm³/mol. The molecule has 0 aromatic rings. The third-order valence-corrected chi connectivity index (χ3v) is 4.60. The van der Waals surface area contributed by atoms with Gasteiger partial charge < -0.3 is 18.9 Å². The van der Waals surface area contributed by atoms with Crippen LogP contribution in [0.5, 0.6) is 0 Å². The lowest BCUT2D eigenvalue weighted by Gasteiger charge is -2.08. The van der Waals surface area contributed by atoms with Crippen LogP contribution in [0.25, 0.3) is 0 Å². The van der Waals surface area contributed by atoms with Crippen LogP contribution >= 0.6 is 0 Å². The summed E-state index contributed by atoms with van der Waals surface area (Å²) in [7, 11) is 0. The molecule has 0 aromatic heterocycles. The van der Waals surface area contributed by atoms with E-state index < -0.39 is 23.9 Å². The number of carbonyl (C=O) groups excluding carboxylic acids is 5. The van der Waals surface area contributed by atoms with Crippen LogP contribution in [0.2, 0.25) is 0 Å². The maximum absolute atomic E-state index is 12.4. The highest BCUT2D eigenvalue weighted by Crippen LogP contribution is 2.15. The molecular weight excluding hydrogens is 480 g/mol. The van der Waals surface area contributed by atoms with Crippen molar-refractivity contribution in [3.05, 3.63) is 59.3 Å². The van der Waals surface area contributed by atoms with Crippen molar-refractivity contribution in [2.24, 2.45) is 0 Å². The first-order valence-corrected chi connectivity index (χ1v) is 11.9. The van der Waals surface area contributed by atoms with Gasteiger partial charge in [0.1, 0.15) is 12.4 Å². The van der Waals surface area contributed by atoms with Crippen molar-refractivity contribution in [3.63, 3.8) is 0 Å². The van der Waals surface area contributed by atoms with Crippen LogP contribution in [0.3, 0.4) is 0 Å². The van der Waals surface area contributed by atoms with Gasteiger partial charge in [0, 0.05) is 46.1 Å². The van der Waals surface area contributed by atoms with Crippen LogP contribution < -0.4 is 0 Å². The molecule has 0 fully saturated rings. The van der Waals surface area contributed by atoms with Gasteiger partial charge in [0.05, 0.1) is 18.8 Å². The molecule has 37 heavy (non-hydrogen) atoms. The quantitative estimate of drug-likeness (QED) is 0.0878. The maximum Gasteiger partial charge on any atom is 0.307 e. The summed E-state index contributed by atoms with van der Waals surface area (Å²) in [6.07, 6.45) is 12.5. The summed E-state index contributed by atoms with van der Waals surface area (Å²) < 4.78 is 19.4. The van der Waals surface area contributed by atoms with E-state index in [1.165, 1.54) is 45.8 Å². The van der Waals surface area contributed by atoms with Crippen LogP contribution in [-0.4, -0.2) is 36.3 Å². The van der Waals surface area contributed by atoms with Crippen molar-refractivity contribution >= 4 is 29.7 Å². The molecule has 0 bridgehead atoms. The molecule has 0 N–H and O–H groups in total. The maximum atomic E-state index is 12.4. The van der Waals surface area contributed by atoms with Gasteiger partial charge >= 0.3 is 23.9 Å². The summed E-state index contributed by atoms with van der Waals surface area (Å²) in [6, 6.07) is 0. The minimum absolute atomic E-state index is 0.0137. The Morgan fingerprint density at radius 3 is 1.78 bits per heavy atom. The van der Waals surface area contributed by atoms with Gasteiger partial charge in [-0.3, -0.25) is 24.0 Å². The molecular formula is C28H38O9. The molecule has 204 valence electrons. The van der Waals surface area contributed by atoms with Gasteiger partial charge in [-0.1, -0.05) is 23.3 Å². The molecule has 0 radical (unpaired) electrons. The van der Waals surface area contributed by atoms with Crippen molar-refractivity contribution in [2.75, 3.05) is 6.61 Å². The smallest absolute Gasteiger partial charge is 0.307 e. The van der Waals surface area contributed by atoms with Crippen LogP contribution in [0, 0.1) is 0 Å². The Morgan fingerprint density at radius 2 is 1.19 bits per heavy atom. The number of ether oxygens (including phenoxy) is 4. The van der Waals surface area contributed by atoms with E-state index in [0.29, 0.717) is 24.0 Å². The number of esters is 4. The van der Waals surface area contributed by atoms with Crippen molar-refractivity contribution < 1.29 is 42.9 Å². The molecule has 0 aliphatic rings. The summed E-state index contributed by atoms with van der Waals surface area (Å²) in [6.45, 7) is 8.88. The van der Waals surface area contributed by atoms with Gasteiger partial charge in [-0.15, -0.1) is 0 Å². The van der Waals surface area contributed by atoms with Gasteiger partial charge in [0.2, 0.25) is 0 Å². The zero-order valence-electron chi connectivity index (χ0n) is 22.6. The van der Waals surface area contributed by atoms with E-state index >= 15 is 0 Å². The molecule has 0 aliphatic carbocycles. The van der Waals surface area contributed by atoms with Gasteiger partial charge in [-0.25, -0.2) is 0 Å². The fourth-order valence-electron chi connectivity index (χ4n) is 2.88. The Balaban J connectivity index is 4.76. The van der Waals surface area contributed by atoms with Crippen molar-refractivity contribution in [3.8, 4) is 0 Å². The summed E-state index contributed by atoms with van der Waals surface area (Å²) in [5.41, 5.74) is 3.19. The monoisotopic (exact) mass is 518 g/mol. The Hall–Kier alpha value is -3.75. The van der Waals surface area contributed by atoms with E-state index in [0.717, 1.165) is 24.7 Å². The summed E-state index contributed by atoms with van der Waals surface area (Å²) in [5, 5.41) is 0. The Kier molecular flexibility index (Phi) is 17.5. The molecule has 0 heterocycles. The number of allylic oxidation sites excluding steroid dienone is 6. The number of ketones is 1. The largest absolute Gasteiger partial charge is 0.461 e. The second-order valence-electron chi connectivity index (χ2n) is 8.45. The fraction of sp³-hybridized carbons (Fsp3) is 0.464. The molecule has 0 spiro atoms. The van der Waals surface area contributed by atoms with E-state index in [9.17, 15) is 24.0 Å². The highest BCUT2D eigenvalue weighted by molar-refractivity contribution is 5.83. The topological polar surface area (TPSA) is 122 Å². The van der Waals surface area contributed by atoms with Crippen LogP contribution in [-0.2, 0) is 42.9 Å². The summed E-state index contributed by atoms with van der Waals surface area (Å²) in [5.74, 6) is -1.98. The molecule has 0 saturated carbocycles. The lowest BCUT2D eigenvalue weighted by atomic mass is 10.0. The number of hydrogen-bond acceptors (Lipinski definition) is 9. The van der Waals surface area contributed by atoms with Crippen molar-refractivity contribution in [1.29, 1.82) is 0 Å². The van der Waals surface area contributed by atoms with E-state index in [1.54, 1.807) is 6.08 Å². The molecule has 9 nitrogen and oxygen atoms in total. The minimum atomic E-state index is -0.526. The molecule has 0 rings (SSSR count). The molecule has 0 aliphatic heterocycles. The third kappa shape index (κ3) is 21.3. The van der Waals surface area contributed by atoms with E-state index in [1.807, 2.05) is 19.9 Å². The Morgan fingerprint density at radius 1 is 0.622 bits per heavy atom. The molecule has 0 amide bonds. The first kappa shape index (κ1) is 33.2. The second-order valence-corrected chi connectivity index (χ2v) is 8.45. The predicted octanol–water partition coefficient (Wildman–Crippen LogP) is 5.32. The minimum Gasteiger partial charge on any atom is -0.461 e. The zero-order chi connectivity index (χ0) is 28.2. The fourth-order valence-corrected chi connectivity index (χ4v) is 2.88. The lowest BCUT2D eigenvalue weighted by molar-refractivity contribution is -0.140. The number of Topliss-reactive ketones (excluding diaryl/α,β-unsaturated/α-hetero) is 1. The van der Waals surface area contributed by atoms with Crippen LogP contribution in [0.4, 0.5) is 0 Å². The summed E-state index contributed by atoms with van der Waals surface area (Å²) in [4.78, 5) is 56.5. The Bertz CT molecular complexity index is 962. The standard InChI is InChI=1S/C28H38O9/c1-20(10-8-12-26(17-35-23(4)30)13-14-34-22(3)29)9-7-11-21(2)15-28(33)16-27(18-36-24(5)31)19-37-25(6)32/h10-11,13-14,17-18H,7-9,12,15-16,19H2,1-6H3/b14-13+,20-10+,21-11+,26-17+,27-18?. The van der Waals surface area contributed by atoms with Gasteiger partial charge in [0.15, 0.2) is 0 Å². The van der Waals surface area contributed by atoms with Crippen LogP contribution in [0.15, 0.2) is 59.3 Å². The number of carbonyl (C=O) groups is 5. The third-order valence-electron chi connectivity index (χ3n) is 4.60. The second kappa shape index (κ2) is 19.4. The average Bonchev–Trinajstić information content (AvgIpc) is 2.78. The Labute approximate surface area is 218 Å². The van der Waals surface area contributed by atoms with E-state index in [2.05, 4.69) is 6.08 Å². The molecule has 9 heteroatoms. The van der Waals surface area contributed by atoms with Gasteiger partial charge in [-0.05, 0) is 51.2 Å². The zero-order valence-corrected chi connectivity index (χ0v) is 22.6. The van der Waals surface area contributed by atoms with Gasteiger partial charge in [0.25, 0.3) is 0 Å². The molecule has 0 atom stereocenters. The average molecular weight is 519 g/mol. The molecule has 0 unspecified atom stereocenters. The lowest BCUT2D eigenvalue weighted by Crippen LogP contribution is -2.09. The summed E-state index contributed by atoms with van der Waals surface area (Å²) >= 11 is 0. The first-order valence-electron chi connectivity index (χ1n) is 11.9. The van der Waals surface area contributed by atoms with Crippen molar-refractivity contribution in [1.82, 2.24) is 0 Å². The number of rotatable bonds is 16. The van der Waals surface area contributed by atoms with Gasteiger partial charge in [-0.2, -0.15) is 0 Å². The first-order chi connectivity index (χ1) is 17.4. The molecule has 0 saturated heterocycles. The number of hydrogen-bond donors (Lipinski definition) is 0.